The summed E-state index contributed by atoms with van der Waals surface area (Å²) in [5.41, 5.74) is 17.9. The van der Waals surface area contributed by atoms with Crippen molar-refractivity contribution >= 4 is 45.2 Å². The van der Waals surface area contributed by atoms with Crippen molar-refractivity contribution in [2.24, 2.45) is 0 Å². The first-order chi connectivity index (χ1) is 32.7. The van der Waals surface area contributed by atoms with Gasteiger partial charge in [-0.05, 0) is 142 Å². The molecule has 1 aliphatic carbocycles. The van der Waals surface area contributed by atoms with E-state index in [2.05, 4.69) is 246 Å². The maximum Gasteiger partial charge on any atom is 0.227 e. The zero-order chi connectivity index (χ0) is 43.9. The van der Waals surface area contributed by atoms with E-state index < -0.39 is 5.41 Å². The standard InChI is InChI=1S/C62H43N3O/c1-6-18-44(19-7-1)45-30-34-51(35-31-45)65(52-36-32-46(33-37-52)61-63-59-28-16-17-29-60(59)66-61)54-39-41-56-55-40-38-53(64(49-24-12-4-13-25-49)50-26-14-5-15-27-50)42-57(55)62(58(56)43-54,47-20-8-2-9-21-47)48-22-10-3-11-23-48/h1-43H. The van der Waals surface area contributed by atoms with Crippen LogP contribution in [0.15, 0.2) is 265 Å². The summed E-state index contributed by atoms with van der Waals surface area (Å²) in [4.78, 5) is 9.54. The molecule has 11 aromatic rings. The number of anilines is 6. The van der Waals surface area contributed by atoms with Gasteiger partial charge in [-0.25, -0.2) is 4.98 Å². The van der Waals surface area contributed by atoms with Crippen LogP contribution in [0.4, 0.5) is 34.1 Å². The van der Waals surface area contributed by atoms with Crippen molar-refractivity contribution in [1.82, 2.24) is 4.98 Å². The molecule has 312 valence electrons. The molecule has 1 heterocycles. The largest absolute Gasteiger partial charge is 0.436 e. The zero-order valence-corrected chi connectivity index (χ0v) is 36.1. The van der Waals surface area contributed by atoms with E-state index >= 15 is 0 Å². The second-order valence-corrected chi connectivity index (χ2v) is 16.7. The van der Waals surface area contributed by atoms with Crippen LogP contribution in [0.25, 0.3) is 44.8 Å². The molecule has 4 heteroatoms. The maximum atomic E-state index is 6.21. The number of hydrogen-bond donors (Lipinski definition) is 0. The lowest BCUT2D eigenvalue weighted by Gasteiger charge is -2.35. The smallest absolute Gasteiger partial charge is 0.227 e. The van der Waals surface area contributed by atoms with E-state index in [0.717, 1.165) is 56.4 Å². The van der Waals surface area contributed by atoms with Crippen LogP contribution in [0.5, 0.6) is 0 Å². The molecule has 0 fully saturated rings. The van der Waals surface area contributed by atoms with Crippen LogP contribution >= 0.6 is 0 Å². The third-order valence-corrected chi connectivity index (χ3v) is 13.0. The van der Waals surface area contributed by atoms with Gasteiger partial charge in [-0.15, -0.1) is 0 Å². The first-order valence-electron chi connectivity index (χ1n) is 22.4. The third-order valence-electron chi connectivity index (χ3n) is 13.0. The highest BCUT2D eigenvalue weighted by Gasteiger charge is 2.47. The Bertz CT molecular complexity index is 3330. The Labute approximate surface area is 385 Å². The number of rotatable bonds is 10. The molecule has 0 unspecified atom stereocenters. The highest BCUT2D eigenvalue weighted by molar-refractivity contribution is 5.92. The van der Waals surface area contributed by atoms with Crippen molar-refractivity contribution in [3.63, 3.8) is 0 Å². The average molecular weight is 846 g/mol. The van der Waals surface area contributed by atoms with Crippen molar-refractivity contribution < 1.29 is 4.42 Å². The van der Waals surface area contributed by atoms with Crippen LogP contribution in [-0.2, 0) is 5.41 Å². The van der Waals surface area contributed by atoms with Crippen LogP contribution in [0.1, 0.15) is 22.3 Å². The molecule has 0 bridgehead atoms. The number of para-hydroxylation sites is 4. The molecule has 0 amide bonds. The van der Waals surface area contributed by atoms with Gasteiger partial charge in [-0.3, -0.25) is 0 Å². The fourth-order valence-electron chi connectivity index (χ4n) is 9.97. The molecule has 66 heavy (non-hydrogen) atoms. The molecule has 0 atom stereocenters. The molecule has 0 radical (unpaired) electrons. The fourth-order valence-corrected chi connectivity index (χ4v) is 9.97. The zero-order valence-electron chi connectivity index (χ0n) is 36.1. The van der Waals surface area contributed by atoms with E-state index in [4.69, 9.17) is 9.40 Å². The number of oxazole rings is 1. The molecule has 0 spiro atoms. The van der Waals surface area contributed by atoms with E-state index in [1.165, 1.54) is 38.9 Å². The van der Waals surface area contributed by atoms with Gasteiger partial charge in [0.05, 0.1) is 5.41 Å². The number of nitrogens with zero attached hydrogens (tertiary/aromatic N) is 3. The van der Waals surface area contributed by atoms with E-state index in [-0.39, 0.29) is 0 Å². The monoisotopic (exact) mass is 845 g/mol. The van der Waals surface area contributed by atoms with Crippen molar-refractivity contribution in [2.75, 3.05) is 9.80 Å². The SMILES string of the molecule is c1ccc(-c2ccc(N(c3ccc(-c4nc5ccccc5o4)cc3)c3ccc4c(c3)C(c3ccccc3)(c3ccccc3)c3cc(N(c5ccccc5)c5ccccc5)ccc3-4)cc2)cc1. The summed E-state index contributed by atoms with van der Waals surface area (Å²) in [6.45, 7) is 0. The molecule has 1 aliphatic rings. The van der Waals surface area contributed by atoms with Crippen LogP contribution in [-0.4, -0.2) is 4.98 Å². The molecule has 0 saturated carbocycles. The number of hydrogen-bond acceptors (Lipinski definition) is 4. The van der Waals surface area contributed by atoms with E-state index in [1.54, 1.807) is 0 Å². The first-order valence-corrected chi connectivity index (χ1v) is 22.4. The number of benzene rings is 10. The average Bonchev–Trinajstić information content (AvgIpc) is 3.96. The Kier molecular flexibility index (Phi) is 9.69. The van der Waals surface area contributed by atoms with Gasteiger partial charge in [0, 0.05) is 39.7 Å². The van der Waals surface area contributed by atoms with Gasteiger partial charge in [0.2, 0.25) is 5.89 Å². The van der Waals surface area contributed by atoms with Gasteiger partial charge in [-0.2, -0.15) is 0 Å². The predicted octanol–water partition coefficient (Wildman–Crippen LogP) is 16.5. The topological polar surface area (TPSA) is 32.5 Å². The van der Waals surface area contributed by atoms with Crippen molar-refractivity contribution in [2.45, 2.75) is 5.41 Å². The Morgan fingerprint density at radius 1 is 0.318 bits per heavy atom. The lowest BCUT2D eigenvalue weighted by molar-refractivity contribution is 0.620. The van der Waals surface area contributed by atoms with Crippen molar-refractivity contribution in [3.05, 3.63) is 283 Å². The molecule has 1 aromatic heterocycles. The van der Waals surface area contributed by atoms with Crippen LogP contribution in [0.3, 0.4) is 0 Å². The normalized spacial score (nSPS) is 12.4. The van der Waals surface area contributed by atoms with Gasteiger partial charge in [0.25, 0.3) is 0 Å². The van der Waals surface area contributed by atoms with Crippen LogP contribution < -0.4 is 9.80 Å². The molecule has 12 rings (SSSR count). The second kappa shape index (κ2) is 16.4. The summed E-state index contributed by atoms with van der Waals surface area (Å²) >= 11 is 0. The first kappa shape index (κ1) is 38.9. The minimum Gasteiger partial charge on any atom is -0.436 e. The molecular weight excluding hydrogens is 803 g/mol. The molecule has 0 N–H and O–H groups in total. The Morgan fingerprint density at radius 3 is 1.18 bits per heavy atom. The minimum atomic E-state index is -0.655. The summed E-state index contributed by atoms with van der Waals surface area (Å²) < 4.78 is 6.21. The lowest BCUT2D eigenvalue weighted by Crippen LogP contribution is -2.29. The predicted molar refractivity (Wildman–Crippen MR) is 272 cm³/mol. The van der Waals surface area contributed by atoms with Crippen molar-refractivity contribution in [3.8, 4) is 33.7 Å². The van der Waals surface area contributed by atoms with Gasteiger partial charge >= 0.3 is 0 Å². The quantitative estimate of drug-likeness (QED) is 0.137. The van der Waals surface area contributed by atoms with Crippen LogP contribution in [0, 0.1) is 0 Å². The summed E-state index contributed by atoms with van der Waals surface area (Å²) in [6, 6.07) is 93.4. The fraction of sp³-hybridized carbons (Fsp3) is 0.0161. The van der Waals surface area contributed by atoms with Gasteiger partial charge in [-0.1, -0.05) is 164 Å². The Morgan fingerprint density at radius 2 is 0.697 bits per heavy atom. The highest BCUT2D eigenvalue weighted by atomic mass is 16.3. The Balaban J connectivity index is 1.06. The van der Waals surface area contributed by atoms with Crippen LogP contribution in [0.2, 0.25) is 0 Å². The summed E-state index contributed by atoms with van der Waals surface area (Å²) in [5.74, 6) is 0.602. The van der Waals surface area contributed by atoms with E-state index in [0.29, 0.717) is 5.89 Å². The molecular formula is C62H43N3O. The van der Waals surface area contributed by atoms with E-state index in [1.807, 2.05) is 24.3 Å². The summed E-state index contributed by atoms with van der Waals surface area (Å²) in [5, 5.41) is 0. The lowest BCUT2D eigenvalue weighted by atomic mass is 9.67. The number of aromatic nitrogens is 1. The van der Waals surface area contributed by atoms with Gasteiger partial charge in [0.1, 0.15) is 5.52 Å². The van der Waals surface area contributed by atoms with Gasteiger partial charge in [0.15, 0.2) is 5.58 Å². The molecule has 4 nitrogen and oxygen atoms in total. The summed E-state index contributed by atoms with van der Waals surface area (Å²) in [7, 11) is 0. The maximum absolute atomic E-state index is 6.21. The Hall–Kier alpha value is -8.73. The molecule has 0 aliphatic heterocycles. The van der Waals surface area contributed by atoms with Gasteiger partial charge < -0.3 is 14.2 Å². The summed E-state index contributed by atoms with van der Waals surface area (Å²) in [6.07, 6.45) is 0. The third kappa shape index (κ3) is 6.67. The molecule has 0 saturated heterocycles. The molecule has 10 aromatic carbocycles. The van der Waals surface area contributed by atoms with E-state index in [9.17, 15) is 0 Å². The highest BCUT2D eigenvalue weighted by Crippen LogP contribution is 2.58. The second-order valence-electron chi connectivity index (χ2n) is 16.7. The number of fused-ring (bicyclic) bond motifs is 4. The van der Waals surface area contributed by atoms with Crippen molar-refractivity contribution in [1.29, 1.82) is 0 Å². The minimum absolute atomic E-state index is 0.602.